The molecule has 3 heteroatoms. The van der Waals surface area contributed by atoms with Gasteiger partial charge < -0.3 is 17.2 Å². The van der Waals surface area contributed by atoms with E-state index >= 15 is 0 Å². The third kappa shape index (κ3) is 11.5. The molecular formula is C19H27MnN2. The van der Waals surface area contributed by atoms with E-state index in [0.29, 0.717) is 0 Å². The molecule has 0 fully saturated rings. The van der Waals surface area contributed by atoms with Crippen LogP contribution in [0.3, 0.4) is 0 Å². The van der Waals surface area contributed by atoms with Crippen molar-refractivity contribution in [3.63, 3.8) is 0 Å². The average Bonchev–Trinajstić information content (AvgIpc) is 2.40. The third-order valence-corrected chi connectivity index (χ3v) is 2.52. The fourth-order valence-corrected chi connectivity index (χ4v) is 1.74. The molecule has 0 radical (unpaired) electrons. The van der Waals surface area contributed by atoms with Crippen molar-refractivity contribution in [2.45, 2.75) is 13.1 Å². The zero-order valence-corrected chi connectivity index (χ0v) is 15.5. The van der Waals surface area contributed by atoms with Crippen LogP contribution in [0.1, 0.15) is 11.1 Å². The Hall–Kier alpha value is -1.12. The number of hydrogen-bond donors (Lipinski definition) is 0. The number of rotatable bonds is 4. The van der Waals surface area contributed by atoms with Gasteiger partial charge >= 0.3 is 17.1 Å². The second-order valence-electron chi connectivity index (χ2n) is 5.25. The van der Waals surface area contributed by atoms with Crippen LogP contribution in [-0.2, 0) is 30.2 Å². The Labute approximate surface area is 147 Å². The summed E-state index contributed by atoms with van der Waals surface area (Å²) in [6.45, 7) is 1.95. The van der Waals surface area contributed by atoms with Crippen LogP contribution < -0.4 is 0 Å². The van der Waals surface area contributed by atoms with Gasteiger partial charge in [0.2, 0.25) is 0 Å². The van der Waals surface area contributed by atoms with Crippen molar-refractivity contribution in [2.24, 2.45) is 0 Å². The minimum Gasteiger partial charge on any atom is -0.358 e. The summed E-state index contributed by atoms with van der Waals surface area (Å²) in [5.74, 6) is 0. The molecule has 2 nitrogen and oxygen atoms in total. The fourth-order valence-electron chi connectivity index (χ4n) is 1.74. The van der Waals surface area contributed by atoms with E-state index < -0.39 is 0 Å². The summed E-state index contributed by atoms with van der Waals surface area (Å²) in [6.07, 6.45) is 0. The SMILES string of the molecule is CN(C)Cc1[c-]cccc1.CN(C)Cc1[c-]cccc1.[CH3-].[Mn+3]. The van der Waals surface area contributed by atoms with E-state index in [9.17, 15) is 0 Å². The molecule has 0 bridgehead atoms. The summed E-state index contributed by atoms with van der Waals surface area (Å²) in [5.41, 5.74) is 2.49. The Bertz CT molecular complexity index is 410. The molecule has 0 spiro atoms. The van der Waals surface area contributed by atoms with E-state index in [1.54, 1.807) is 0 Å². The van der Waals surface area contributed by atoms with Gasteiger partial charge in [-0.3, -0.25) is 0 Å². The minimum atomic E-state index is 0. The quantitative estimate of drug-likeness (QED) is 0.621. The predicted molar refractivity (Wildman–Crippen MR) is 91.8 cm³/mol. The second-order valence-corrected chi connectivity index (χ2v) is 5.25. The first-order chi connectivity index (χ1) is 9.58. The average molecular weight is 338 g/mol. The Kier molecular flexibility index (Phi) is 14.2. The zero-order valence-electron chi connectivity index (χ0n) is 14.3. The molecule has 0 unspecified atom stereocenters. The smallest absolute Gasteiger partial charge is 0.358 e. The molecule has 0 amide bonds. The predicted octanol–water partition coefficient (Wildman–Crippen LogP) is 3.54. The summed E-state index contributed by atoms with van der Waals surface area (Å²) >= 11 is 0. The zero-order chi connectivity index (χ0) is 14.8. The monoisotopic (exact) mass is 338 g/mol. The third-order valence-electron chi connectivity index (χ3n) is 2.52. The van der Waals surface area contributed by atoms with Crippen LogP contribution in [-0.4, -0.2) is 38.0 Å². The first-order valence-corrected chi connectivity index (χ1v) is 6.78. The first-order valence-electron chi connectivity index (χ1n) is 6.78. The molecule has 0 aliphatic carbocycles. The van der Waals surface area contributed by atoms with Gasteiger partial charge in [0.15, 0.2) is 0 Å². The van der Waals surface area contributed by atoms with Crippen molar-refractivity contribution in [1.82, 2.24) is 9.80 Å². The van der Waals surface area contributed by atoms with Crippen LogP contribution >= 0.6 is 0 Å². The molecule has 0 saturated heterocycles. The van der Waals surface area contributed by atoms with Gasteiger partial charge in [0.1, 0.15) is 0 Å². The number of hydrogen-bond acceptors (Lipinski definition) is 2. The van der Waals surface area contributed by atoms with Gasteiger partial charge in [-0.1, -0.05) is 0 Å². The molecule has 2 aromatic rings. The molecular weight excluding hydrogens is 311 g/mol. The Balaban J connectivity index is 0. The number of benzene rings is 2. The molecule has 0 saturated carbocycles. The van der Waals surface area contributed by atoms with E-state index in [4.69, 9.17) is 0 Å². The summed E-state index contributed by atoms with van der Waals surface area (Å²) in [6, 6.07) is 22.4. The van der Waals surface area contributed by atoms with Crippen molar-refractivity contribution in [3.8, 4) is 0 Å². The molecule has 2 aromatic carbocycles. The van der Waals surface area contributed by atoms with Crippen LogP contribution in [0.25, 0.3) is 0 Å². The normalized spacial score (nSPS) is 9.36. The molecule has 0 aromatic heterocycles. The van der Waals surface area contributed by atoms with Crippen molar-refractivity contribution in [1.29, 1.82) is 0 Å². The van der Waals surface area contributed by atoms with Gasteiger partial charge in [0, 0.05) is 13.1 Å². The van der Waals surface area contributed by atoms with E-state index in [1.165, 1.54) is 11.1 Å². The van der Waals surface area contributed by atoms with Crippen LogP contribution in [0, 0.1) is 19.6 Å². The van der Waals surface area contributed by atoms with Crippen LogP contribution in [0.2, 0.25) is 0 Å². The van der Waals surface area contributed by atoms with Crippen molar-refractivity contribution in [3.05, 3.63) is 79.2 Å². The summed E-state index contributed by atoms with van der Waals surface area (Å²) in [7, 11) is 8.23. The molecule has 0 N–H and O–H groups in total. The first kappa shape index (κ1) is 23.1. The van der Waals surface area contributed by atoms with Crippen LogP contribution in [0.4, 0.5) is 0 Å². The fraction of sp³-hybridized carbons (Fsp3) is 0.316. The minimum absolute atomic E-state index is 0. The van der Waals surface area contributed by atoms with E-state index in [0.717, 1.165) is 13.1 Å². The van der Waals surface area contributed by atoms with E-state index in [1.807, 2.05) is 36.4 Å². The molecule has 0 aliphatic heterocycles. The molecule has 0 heterocycles. The summed E-state index contributed by atoms with van der Waals surface area (Å²) < 4.78 is 0. The van der Waals surface area contributed by atoms with E-state index in [2.05, 4.69) is 62.3 Å². The maximum absolute atomic E-state index is 3.16. The number of nitrogens with zero attached hydrogens (tertiary/aromatic N) is 2. The summed E-state index contributed by atoms with van der Waals surface area (Å²) in [5, 5.41) is 0. The van der Waals surface area contributed by atoms with Crippen LogP contribution in [0.15, 0.2) is 48.5 Å². The van der Waals surface area contributed by atoms with E-state index in [-0.39, 0.29) is 24.5 Å². The molecule has 0 aliphatic rings. The summed E-state index contributed by atoms with van der Waals surface area (Å²) in [4.78, 5) is 4.26. The maximum atomic E-state index is 3.16. The molecule has 22 heavy (non-hydrogen) atoms. The largest absolute Gasteiger partial charge is 3.00 e. The van der Waals surface area contributed by atoms with Gasteiger partial charge in [0.25, 0.3) is 0 Å². The van der Waals surface area contributed by atoms with Crippen molar-refractivity contribution >= 4 is 0 Å². The molecule has 120 valence electrons. The maximum Gasteiger partial charge on any atom is 3.00 e. The van der Waals surface area contributed by atoms with Crippen molar-refractivity contribution in [2.75, 3.05) is 28.2 Å². The standard InChI is InChI=1S/2C9H12N.CH3.Mn/c2*1-10(2)8-9-6-4-3-5-7-9;;/h2*3-6H,8H2,1-2H3;1H3;/q3*-1;+3. The van der Waals surface area contributed by atoms with Gasteiger partial charge in [-0.15, -0.1) is 11.1 Å². The van der Waals surface area contributed by atoms with Crippen molar-refractivity contribution < 1.29 is 17.1 Å². The van der Waals surface area contributed by atoms with Gasteiger partial charge in [-0.2, -0.15) is 60.7 Å². The van der Waals surface area contributed by atoms with Crippen LogP contribution in [0.5, 0.6) is 0 Å². The van der Waals surface area contributed by atoms with Gasteiger partial charge in [-0.25, -0.2) is 0 Å². The molecule has 0 atom stereocenters. The Morgan fingerprint density at radius 3 is 1.32 bits per heavy atom. The Morgan fingerprint density at radius 2 is 1.09 bits per heavy atom. The van der Waals surface area contributed by atoms with Gasteiger partial charge in [-0.05, 0) is 28.2 Å². The second kappa shape index (κ2) is 13.5. The Morgan fingerprint density at radius 1 is 0.727 bits per heavy atom. The molecule has 2 rings (SSSR count). The van der Waals surface area contributed by atoms with Gasteiger partial charge in [0.05, 0.1) is 0 Å². The topological polar surface area (TPSA) is 6.48 Å².